The topological polar surface area (TPSA) is 55.3 Å². The van der Waals surface area contributed by atoms with Crippen molar-refractivity contribution in [2.75, 3.05) is 20.2 Å². The largest absolute Gasteiger partial charge is 0.497 e. The van der Waals surface area contributed by atoms with Crippen LogP contribution in [0.2, 0.25) is 0 Å². The van der Waals surface area contributed by atoms with Gasteiger partial charge in [-0.2, -0.15) is 0 Å². The third-order valence-electron chi connectivity index (χ3n) is 4.78. The molecule has 0 bridgehead atoms. The van der Waals surface area contributed by atoms with Crippen molar-refractivity contribution in [3.8, 4) is 5.75 Å². The van der Waals surface area contributed by atoms with Crippen LogP contribution in [0.15, 0.2) is 36.7 Å². The normalized spacial score (nSPS) is 17.4. The van der Waals surface area contributed by atoms with Gasteiger partial charge < -0.3 is 9.64 Å². The quantitative estimate of drug-likeness (QED) is 0.839. The Labute approximate surface area is 149 Å². The molecule has 0 saturated carbocycles. The number of ether oxygens (including phenoxy) is 1. The van der Waals surface area contributed by atoms with E-state index in [9.17, 15) is 4.79 Å². The number of carbonyl (C=O) groups excluding carboxylic acids is 1. The summed E-state index contributed by atoms with van der Waals surface area (Å²) in [5.41, 5.74) is 2.55. The second-order valence-electron chi connectivity index (χ2n) is 6.69. The van der Waals surface area contributed by atoms with E-state index in [1.165, 1.54) is 12.0 Å². The van der Waals surface area contributed by atoms with Gasteiger partial charge in [0, 0.05) is 19.3 Å². The number of hydrogen-bond donors (Lipinski definition) is 0. The maximum Gasteiger partial charge on any atom is 0.274 e. The average molecular weight is 339 g/mol. The number of aromatic nitrogens is 2. The maximum atomic E-state index is 12.6. The summed E-state index contributed by atoms with van der Waals surface area (Å²) in [5.74, 6) is 1.43. The Morgan fingerprint density at radius 2 is 2.20 bits per heavy atom. The number of hydrogen-bond acceptors (Lipinski definition) is 4. The minimum Gasteiger partial charge on any atom is -0.497 e. The van der Waals surface area contributed by atoms with E-state index in [1.54, 1.807) is 19.5 Å². The molecular formula is C20H25N3O2. The standard InChI is InChI=1S/C20H25N3O2/c1-15-12-22-19(13-21-15)20(24)23-10-4-6-17(14-23)9-8-16-5-3-7-18(11-16)25-2/h3,5,7,11-13,17H,4,6,8-10,14H2,1-2H3/t17-/m1/s1. The van der Waals surface area contributed by atoms with E-state index >= 15 is 0 Å². The van der Waals surface area contributed by atoms with Gasteiger partial charge in [-0.3, -0.25) is 9.78 Å². The minimum absolute atomic E-state index is 0.00131. The molecule has 1 aliphatic rings. The summed E-state index contributed by atoms with van der Waals surface area (Å²) in [6, 6.07) is 8.22. The molecule has 132 valence electrons. The highest BCUT2D eigenvalue weighted by atomic mass is 16.5. The monoisotopic (exact) mass is 339 g/mol. The predicted octanol–water partition coefficient (Wildman–Crippen LogP) is 3.28. The minimum atomic E-state index is -0.00131. The first-order valence-electron chi connectivity index (χ1n) is 8.86. The lowest BCUT2D eigenvalue weighted by atomic mass is 9.91. The molecule has 25 heavy (non-hydrogen) atoms. The summed E-state index contributed by atoms with van der Waals surface area (Å²) in [7, 11) is 1.69. The maximum absolute atomic E-state index is 12.6. The molecule has 1 atom stereocenters. The molecule has 0 unspecified atom stereocenters. The van der Waals surface area contributed by atoms with Crippen LogP contribution in [-0.2, 0) is 6.42 Å². The van der Waals surface area contributed by atoms with Gasteiger partial charge in [-0.05, 0) is 56.2 Å². The Morgan fingerprint density at radius 3 is 2.96 bits per heavy atom. The second kappa shape index (κ2) is 8.10. The summed E-state index contributed by atoms with van der Waals surface area (Å²) in [6.07, 6.45) is 7.54. The van der Waals surface area contributed by atoms with Gasteiger partial charge in [0.15, 0.2) is 0 Å². The molecule has 3 rings (SSSR count). The fraction of sp³-hybridized carbons (Fsp3) is 0.450. The van der Waals surface area contributed by atoms with Crippen LogP contribution in [0.1, 0.15) is 41.0 Å². The Balaban J connectivity index is 1.57. The Bertz CT molecular complexity index is 715. The first kappa shape index (κ1) is 17.4. The molecule has 1 aliphatic heterocycles. The van der Waals surface area contributed by atoms with Gasteiger partial charge in [0.05, 0.1) is 19.0 Å². The van der Waals surface area contributed by atoms with Gasteiger partial charge in [-0.1, -0.05) is 12.1 Å². The predicted molar refractivity (Wildman–Crippen MR) is 96.7 cm³/mol. The molecule has 0 aliphatic carbocycles. The number of aryl methyl sites for hydroxylation is 2. The summed E-state index contributed by atoms with van der Waals surface area (Å²) in [4.78, 5) is 23.0. The summed E-state index contributed by atoms with van der Waals surface area (Å²) in [6.45, 7) is 3.49. The fourth-order valence-corrected chi connectivity index (χ4v) is 3.35. The third kappa shape index (κ3) is 4.56. The molecule has 2 heterocycles. The van der Waals surface area contributed by atoms with Crippen LogP contribution in [0.4, 0.5) is 0 Å². The number of benzene rings is 1. The number of nitrogens with zero attached hydrogens (tertiary/aromatic N) is 3. The van der Waals surface area contributed by atoms with Gasteiger partial charge in [0.1, 0.15) is 11.4 Å². The van der Waals surface area contributed by atoms with Crippen LogP contribution in [0.5, 0.6) is 5.75 Å². The van der Waals surface area contributed by atoms with E-state index in [1.807, 2.05) is 24.0 Å². The summed E-state index contributed by atoms with van der Waals surface area (Å²) >= 11 is 0. The molecule has 2 aromatic rings. The van der Waals surface area contributed by atoms with Crippen molar-refractivity contribution in [2.24, 2.45) is 5.92 Å². The number of rotatable bonds is 5. The smallest absolute Gasteiger partial charge is 0.274 e. The Morgan fingerprint density at radius 1 is 1.32 bits per heavy atom. The number of methoxy groups -OCH3 is 1. The Hall–Kier alpha value is -2.43. The van der Waals surface area contributed by atoms with Crippen LogP contribution in [0.3, 0.4) is 0 Å². The van der Waals surface area contributed by atoms with Crippen molar-refractivity contribution in [1.29, 1.82) is 0 Å². The van der Waals surface area contributed by atoms with E-state index < -0.39 is 0 Å². The summed E-state index contributed by atoms with van der Waals surface area (Å²) < 4.78 is 5.29. The first-order valence-corrected chi connectivity index (χ1v) is 8.86. The highest BCUT2D eigenvalue weighted by Crippen LogP contribution is 2.23. The highest BCUT2D eigenvalue weighted by molar-refractivity contribution is 5.92. The Kier molecular flexibility index (Phi) is 5.64. The molecular weight excluding hydrogens is 314 g/mol. The molecule has 5 nitrogen and oxygen atoms in total. The molecule has 0 spiro atoms. The van der Waals surface area contributed by atoms with Crippen LogP contribution in [0, 0.1) is 12.8 Å². The van der Waals surface area contributed by atoms with E-state index in [2.05, 4.69) is 22.1 Å². The zero-order valence-electron chi connectivity index (χ0n) is 14.9. The molecule has 5 heteroatoms. The lowest BCUT2D eigenvalue weighted by Gasteiger charge is -2.32. The van der Waals surface area contributed by atoms with E-state index in [-0.39, 0.29) is 5.91 Å². The number of amides is 1. The molecule has 1 aromatic carbocycles. The van der Waals surface area contributed by atoms with Gasteiger partial charge in [0.2, 0.25) is 0 Å². The SMILES string of the molecule is COc1cccc(CC[C@H]2CCCN(C(=O)c3cnc(C)cn3)C2)c1. The van der Waals surface area contributed by atoms with Gasteiger partial charge in [-0.25, -0.2) is 4.98 Å². The molecule has 1 aromatic heterocycles. The third-order valence-corrected chi connectivity index (χ3v) is 4.78. The van der Waals surface area contributed by atoms with Crippen LogP contribution in [0.25, 0.3) is 0 Å². The second-order valence-corrected chi connectivity index (χ2v) is 6.69. The van der Waals surface area contributed by atoms with Crippen molar-refractivity contribution in [2.45, 2.75) is 32.6 Å². The van der Waals surface area contributed by atoms with Crippen LogP contribution >= 0.6 is 0 Å². The van der Waals surface area contributed by atoms with Crippen molar-refractivity contribution >= 4 is 5.91 Å². The van der Waals surface area contributed by atoms with Crippen molar-refractivity contribution in [3.05, 3.63) is 53.6 Å². The van der Waals surface area contributed by atoms with E-state index in [0.717, 1.165) is 43.8 Å². The van der Waals surface area contributed by atoms with Crippen LogP contribution < -0.4 is 4.74 Å². The molecule has 0 N–H and O–H groups in total. The lowest BCUT2D eigenvalue weighted by Crippen LogP contribution is -2.40. The fourth-order valence-electron chi connectivity index (χ4n) is 3.35. The average Bonchev–Trinajstić information content (AvgIpc) is 2.67. The number of carbonyl (C=O) groups is 1. The molecule has 0 radical (unpaired) electrons. The molecule has 1 amide bonds. The van der Waals surface area contributed by atoms with E-state index in [0.29, 0.717) is 11.6 Å². The lowest BCUT2D eigenvalue weighted by molar-refractivity contribution is 0.0662. The zero-order valence-corrected chi connectivity index (χ0v) is 14.9. The van der Waals surface area contributed by atoms with Crippen LogP contribution in [-0.4, -0.2) is 41.0 Å². The number of piperidine rings is 1. The zero-order chi connectivity index (χ0) is 17.6. The summed E-state index contributed by atoms with van der Waals surface area (Å²) in [5, 5.41) is 0. The highest BCUT2D eigenvalue weighted by Gasteiger charge is 2.25. The van der Waals surface area contributed by atoms with Gasteiger partial charge in [-0.15, -0.1) is 0 Å². The molecule has 1 saturated heterocycles. The van der Waals surface area contributed by atoms with Crippen molar-refractivity contribution < 1.29 is 9.53 Å². The van der Waals surface area contributed by atoms with Crippen molar-refractivity contribution in [1.82, 2.24) is 14.9 Å². The van der Waals surface area contributed by atoms with Gasteiger partial charge >= 0.3 is 0 Å². The number of likely N-dealkylation sites (tertiary alicyclic amines) is 1. The molecule has 1 fully saturated rings. The van der Waals surface area contributed by atoms with E-state index in [4.69, 9.17) is 4.74 Å². The van der Waals surface area contributed by atoms with Crippen molar-refractivity contribution in [3.63, 3.8) is 0 Å². The van der Waals surface area contributed by atoms with Gasteiger partial charge in [0.25, 0.3) is 5.91 Å². The first-order chi connectivity index (χ1) is 12.2.